The van der Waals surface area contributed by atoms with Crippen LogP contribution >= 0.6 is 11.3 Å². The van der Waals surface area contributed by atoms with Gasteiger partial charge in [-0.1, -0.05) is 32.8 Å². The van der Waals surface area contributed by atoms with Gasteiger partial charge < -0.3 is 5.11 Å². The van der Waals surface area contributed by atoms with Crippen LogP contribution in [0, 0.1) is 5.92 Å². The second-order valence-electron chi connectivity index (χ2n) is 3.64. The van der Waals surface area contributed by atoms with Gasteiger partial charge in [0.05, 0.1) is 5.60 Å². The zero-order valence-corrected chi connectivity index (χ0v) is 9.40. The third kappa shape index (κ3) is 2.12. The summed E-state index contributed by atoms with van der Waals surface area (Å²) in [6.07, 6.45) is 2.06. The van der Waals surface area contributed by atoms with Gasteiger partial charge in [0.1, 0.15) is 0 Å². The average molecular weight is 198 g/mol. The Morgan fingerprint density at radius 1 is 1.46 bits per heavy atom. The van der Waals surface area contributed by atoms with E-state index in [1.54, 1.807) is 11.3 Å². The molecule has 0 spiro atoms. The third-order valence-corrected chi connectivity index (χ3v) is 3.90. The molecule has 0 fully saturated rings. The van der Waals surface area contributed by atoms with Gasteiger partial charge in [-0.15, -0.1) is 11.3 Å². The maximum atomic E-state index is 10.3. The van der Waals surface area contributed by atoms with E-state index in [0.717, 1.165) is 17.7 Å². The molecular formula is C11H18OS. The molecule has 1 N–H and O–H groups in total. The lowest BCUT2D eigenvalue weighted by atomic mass is 9.84. The van der Waals surface area contributed by atoms with Crippen LogP contribution in [0.1, 0.15) is 38.5 Å². The van der Waals surface area contributed by atoms with Gasteiger partial charge in [-0.2, -0.15) is 0 Å². The van der Waals surface area contributed by atoms with E-state index in [9.17, 15) is 5.11 Å². The van der Waals surface area contributed by atoms with Crippen molar-refractivity contribution in [1.82, 2.24) is 0 Å². The van der Waals surface area contributed by atoms with Gasteiger partial charge in [-0.25, -0.2) is 0 Å². The Bertz CT molecular complexity index is 235. The molecular weight excluding hydrogens is 180 g/mol. The fourth-order valence-corrected chi connectivity index (χ4v) is 2.72. The molecule has 2 heteroatoms. The van der Waals surface area contributed by atoms with Crippen LogP contribution in [0.15, 0.2) is 17.5 Å². The summed E-state index contributed by atoms with van der Waals surface area (Å²) in [6, 6.07) is 4.01. The summed E-state index contributed by atoms with van der Waals surface area (Å²) in [4.78, 5) is 1.08. The highest BCUT2D eigenvalue weighted by molar-refractivity contribution is 7.10. The smallest absolute Gasteiger partial charge is 0.0987 e. The van der Waals surface area contributed by atoms with Gasteiger partial charge in [-0.3, -0.25) is 0 Å². The van der Waals surface area contributed by atoms with E-state index < -0.39 is 5.60 Å². The van der Waals surface area contributed by atoms with E-state index in [4.69, 9.17) is 0 Å². The Kier molecular flexibility index (Phi) is 3.51. The highest BCUT2D eigenvalue weighted by Crippen LogP contribution is 2.35. The lowest BCUT2D eigenvalue weighted by molar-refractivity contribution is -0.00609. The number of rotatable bonds is 4. The minimum atomic E-state index is -0.641. The van der Waals surface area contributed by atoms with Crippen molar-refractivity contribution in [3.05, 3.63) is 22.4 Å². The highest BCUT2D eigenvalue weighted by atomic mass is 32.1. The molecule has 1 nitrogen and oxygen atoms in total. The van der Waals surface area contributed by atoms with Crippen molar-refractivity contribution in [3.63, 3.8) is 0 Å². The largest absolute Gasteiger partial charge is 0.384 e. The van der Waals surface area contributed by atoms with Crippen molar-refractivity contribution in [2.24, 2.45) is 5.92 Å². The standard InChI is InChI=1S/C11H18OS/c1-4-9(5-2)11(3,12)10-7-6-8-13-10/h6-9,12H,4-5H2,1-3H3. The molecule has 1 aromatic rings. The fraction of sp³-hybridized carbons (Fsp3) is 0.636. The normalized spacial score (nSPS) is 16.1. The molecule has 1 rings (SSSR count). The van der Waals surface area contributed by atoms with Crippen LogP contribution < -0.4 is 0 Å². The highest BCUT2D eigenvalue weighted by Gasteiger charge is 2.31. The Morgan fingerprint density at radius 3 is 2.46 bits per heavy atom. The lowest BCUT2D eigenvalue weighted by Crippen LogP contribution is -2.29. The van der Waals surface area contributed by atoms with E-state index >= 15 is 0 Å². The molecule has 0 bridgehead atoms. The van der Waals surface area contributed by atoms with Crippen molar-refractivity contribution in [2.75, 3.05) is 0 Å². The molecule has 0 radical (unpaired) electrons. The predicted molar refractivity (Wildman–Crippen MR) is 58.0 cm³/mol. The maximum Gasteiger partial charge on any atom is 0.0987 e. The molecule has 0 saturated heterocycles. The van der Waals surface area contributed by atoms with Crippen molar-refractivity contribution in [1.29, 1.82) is 0 Å². The van der Waals surface area contributed by atoms with Crippen molar-refractivity contribution in [3.8, 4) is 0 Å². The first kappa shape index (κ1) is 10.7. The quantitative estimate of drug-likeness (QED) is 0.786. The third-order valence-electron chi connectivity index (χ3n) is 2.80. The first-order chi connectivity index (χ1) is 6.12. The van der Waals surface area contributed by atoms with Crippen LogP contribution in [0.4, 0.5) is 0 Å². The average Bonchev–Trinajstić information content (AvgIpc) is 2.58. The minimum Gasteiger partial charge on any atom is -0.384 e. The molecule has 0 aliphatic heterocycles. The molecule has 0 aliphatic rings. The molecule has 1 heterocycles. The number of thiophene rings is 1. The number of hydrogen-bond acceptors (Lipinski definition) is 2. The molecule has 0 aliphatic carbocycles. The molecule has 0 aromatic carbocycles. The van der Waals surface area contributed by atoms with Crippen LogP contribution in [-0.2, 0) is 5.60 Å². The van der Waals surface area contributed by atoms with E-state index in [0.29, 0.717) is 5.92 Å². The zero-order chi connectivity index (χ0) is 9.90. The van der Waals surface area contributed by atoms with Gasteiger partial charge in [0.2, 0.25) is 0 Å². The summed E-state index contributed by atoms with van der Waals surface area (Å²) >= 11 is 1.64. The predicted octanol–water partition coefficient (Wildman–Crippen LogP) is 3.39. The van der Waals surface area contributed by atoms with Gasteiger partial charge >= 0.3 is 0 Å². The molecule has 1 unspecified atom stereocenters. The number of aliphatic hydroxyl groups is 1. The SMILES string of the molecule is CCC(CC)C(C)(O)c1cccs1. The van der Waals surface area contributed by atoms with Crippen LogP contribution in [0.2, 0.25) is 0 Å². The van der Waals surface area contributed by atoms with Crippen molar-refractivity contribution in [2.45, 2.75) is 39.2 Å². The monoisotopic (exact) mass is 198 g/mol. The van der Waals surface area contributed by atoms with Crippen LogP contribution in [0.25, 0.3) is 0 Å². The van der Waals surface area contributed by atoms with Gasteiger partial charge in [-0.05, 0) is 24.3 Å². The second kappa shape index (κ2) is 4.25. The van der Waals surface area contributed by atoms with E-state index in [1.807, 2.05) is 24.4 Å². The maximum absolute atomic E-state index is 10.3. The summed E-state index contributed by atoms with van der Waals surface area (Å²) in [5.74, 6) is 0.367. The Hall–Kier alpha value is -0.340. The Balaban J connectivity index is 2.86. The minimum absolute atomic E-state index is 0.367. The van der Waals surface area contributed by atoms with Crippen LogP contribution in [0.3, 0.4) is 0 Å². The van der Waals surface area contributed by atoms with Gasteiger partial charge in [0.15, 0.2) is 0 Å². The molecule has 1 atom stereocenters. The summed E-state index contributed by atoms with van der Waals surface area (Å²) in [5, 5.41) is 12.4. The molecule has 0 saturated carbocycles. The summed E-state index contributed by atoms with van der Waals surface area (Å²) in [5.41, 5.74) is -0.641. The fourth-order valence-electron chi connectivity index (χ4n) is 1.85. The van der Waals surface area contributed by atoms with Crippen LogP contribution in [0.5, 0.6) is 0 Å². The number of hydrogen-bond donors (Lipinski definition) is 1. The van der Waals surface area contributed by atoms with Crippen molar-refractivity contribution < 1.29 is 5.11 Å². The Morgan fingerprint density at radius 2 is 2.08 bits per heavy atom. The van der Waals surface area contributed by atoms with Crippen molar-refractivity contribution >= 4 is 11.3 Å². The molecule has 74 valence electrons. The summed E-state index contributed by atoms with van der Waals surface area (Å²) < 4.78 is 0. The van der Waals surface area contributed by atoms with Crippen LogP contribution in [-0.4, -0.2) is 5.11 Å². The first-order valence-electron chi connectivity index (χ1n) is 4.89. The zero-order valence-electron chi connectivity index (χ0n) is 8.58. The second-order valence-corrected chi connectivity index (χ2v) is 4.59. The topological polar surface area (TPSA) is 20.2 Å². The molecule has 1 aromatic heterocycles. The van der Waals surface area contributed by atoms with E-state index in [2.05, 4.69) is 13.8 Å². The van der Waals surface area contributed by atoms with E-state index in [1.165, 1.54) is 0 Å². The first-order valence-corrected chi connectivity index (χ1v) is 5.77. The lowest BCUT2D eigenvalue weighted by Gasteiger charge is -2.30. The molecule has 13 heavy (non-hydrogen) atoms. The Labute approximate surface area is 84.4 Å². The van der Waals surface area contributed by atoms with E-state index in [-0.39, 0.29) is 0 Å². The summed E-state index contributed by atoms with van der Waals surface area (Å²) in [6.45, 7) is 6.20. The van der Waals surface area contributed by atoms with Gasteiger partial charge in [0.25, 0.3) is 0 Å². The molecule has 0 amide bonds. The van der Waals surface area contributed by atoms with Gasteiger partial charge in [0, 0.05) is 4.88 Å². The summed E-state index contributed by atoms with van der Waals surface area (Å²) in [7, 11) is 0.